The second-order valence-electron chi connectivity index (χ2n) is 12.7. The smallest absolute Gasteiger partial charge is 0.497 e. The number of carboxylic acid groups (broad SMARTS) is 2. The van der Waals surface area contributed by atoms with Crippen molar-refractivity contribution in [2.45, 2.75) is 55.9 Å². The average molecular weight is 781 g/mol. The molecule has 0 amide bonds. The topological polar surface area (TPSA) is 199 Å². The maximum atomic E-state index is 12.7. The molecule has 1 aliphatic heterocycles. The molecule has 0 radical (unpaired) electrons. The van der Waals surface area contributed by atoms with Gasteiger partial charge in [-0.2, -0.15) is 17.5 Å². The van der Waals surface area contributed by atoms with Crippen molar-refractivity contribution >= 4 is 33.5 Å². The van der Waals surface area contributed by atoms with Gasteiger partial charge in [0.05, 0.1) is 7.11 Å². The van der Waals surface area contributed by atoms with Crippen LogP contribution in [0, 0.1) is 5.92 Å². The van der Waals surface area contributed by atoms with Crippen LogP contribution in [-0.2, 0) is 26.0 Å². The number of methoxy groups -OCH3 is 1. The first kappa shape index (κ1) is 43.7. The molecule has 4 N–H and O–H groups in total. The fraction of sp³-hybridized carbons (Fsp3) is 0.405. The predicted octanol–water partition coefficient (Wildman–Crippen LogP) is 3.89. The minimum atomic E-state index is -5.22. The lowest BCUT2D eigenvalue weighted by molar-refractivity contribution is -0.187. The summed E-state index contributed by atoms with van der Waals surface area (Å²) in [6.07, 6.45) is 1.75. The molecule has 1 saturated heterocycles. The lowest BCUT2D eigenvalue weighted by atomic mass is 9.73. The molecule has 0 saturated carbocycles. The number of nitrogens with zero attached hydrogens (tertiary/aromatic N) is 2. The molecule has 3 atom stereocenters. The van der Waals surface area contributed by atoms with Gasteiger partial charge in [-0.25, -0.2) is 18.0 Å². The van der Waals surface area contributed by atoms with E-state index in [0.29, 0.717) is 17.1 Å². The summed E-state index contributed by atoms with van der Waals surface area (Å²) >= 11 is 0. The molecule has 0 bridgehead atoms. The standard InChI is InChI=1S/C19H29F3N2O3S.C18H14O8/c1-4-23(15(2)13-16-5-7-18(27-3)8-6-16)14-17-9-11-24(12-10-17)28(25,26)19(20,21)22;19-13(11-7-3-1-4-8-11)17(25,15(21)22)18(26,16(23)24)14(20)12-9-5-2-6-10-12/h5-8,15,17H,4,9-14H2,1-3H3;1-10,25-26H,(H,21,22)(H,23,24). The second-order valence-corrected chi connectivity index (χ2v) is 14.6. The number of ether oxygens (including phenoxy) is 1. The zero-order valence-electron chi connectivity index (χ0n) is 29.8. The van der Waals surface area contributed by atoms with Crippen molar-refractivity contribution in [3.63, 3.8) is 0 Å². The zero-order chi connectivity index (χ0) is 40.5. The van der Waals surface area contributed by atoms with E-state index in [9.17, 15) is 61.2 Å². The van der Waals surface area contributed by atoms with Gasteiger partial charge in [-0.3, -0.25) is 9.59 Å². The molecule has 54 heavy (non-hydrogen) atoms. The van der Waals surface area contributed by atoms with E-state index >= 15 is 0 Å². The van der Waals surface area contributed by atoms with Crippen molar-refractivity contribution in [2.24, 2.45) is 5.92 Å². The van der Waals surface area contributed by atoms with E-state index in [2.05, 4.69) is 18.7 Å². The number of halogens is 3. The highest BCUT2D eigenvalue weighted by molar-refractivity contribution is 7.90. The fourth-order valence-corrected chi connectivity index (χ4v) is 7.08. The monoisotopic (exact) mass is 780 g/mol. The molecule has 13 nitrogen and oxygen atoms in total. The number of piperidine rings is 1. The molecular weight excluding hydrogens is 737 g/mol. The number of aliphatic hydroxyl groups is 2. The summed E-state index contributed by atoms with van der Waals surface area (Å²) < 4.78 is 66.9. The Morgan fingerprint density at radius 3 is 1.59 bits per heavy atom. The fourth-order valence-electron chi connectivity index (χ4n) is 6.09. The van der Waals surface area contributed by atoms with E-state index in [4.69, 9.17) is 4.74 Å². The lowest BCUT2D eigenvalue weighted by Gasteiger charge is -2.36. The summed E-state index contributed by atoms with van der Waals surface area (Å²) in [6, 6.07) is 21.0. The Bertz CT molecular complexity index is 1780. The molecule has 1 aliphatic rings. The summed E-state index contributed by atoms with van der Waals surface area (Å²) in [5.41, 5.74) is -12.7. The molecule has 0 aromatic heterocycles. The molecule has 17 heteroatoms. The first-order chi connectivity index (χ1) is 25.2. The number of aliphatic carboxylic acids is 2. The van der Waals surface area contributed by atoms with Crippen LogP contribution >= 0.6 is 0 Å². The number of carbonyl (C=O) groups excluding carboxylic acids is 2. The van der Waals surface area contributed by atoms with Gasteiger partial charge in [0.15, 0.2) is 0 Å². The van der Waals surface area contributed by atoms with Crippen LogP contribution in [0.4, 0.5) is 13.2 Å². The van der Waals surface area contributed by atoms with E-state index in [1.807, 2.05) is 24.3 Å². The van der Waals surface area contributed by atoms with Crippen LogP contribution in [0.5, 0.6) is 5.75 Å². The second kappa shape index (κ2) is 18.1. The number of hydrogen-bond acceptors (Lipinski definition) is 10. The lowest BCUT2D eigenvalue weighted by Crippen LogP contribution is -2.71. The van der Waals surface area contributed by atoms with Gasteiger partial charge in [0.25, 0.3) is 11.2 Å². The number of sulfonamides is 1. The molecule has 294 valence electrons. The third-order valence-electron chi connectivity index (χ3n) is 9.29. The quantitative estimate of drug-likeness (QED) is 0.128. The Morgan fingerprint density at radius 1 is 0.815 bits per heavy atom. The minimum absolute atomic E-state index is 0.0725. The van der Waals surface area contributed by atoms with E-state index < -0.39 is 61.4 Å². The summed E-state index contributed by atoms with van der Waals surface area (Å²) in [5, 5.41) is 39.9. The van der Waals surface area contributed by atoms with Crippen LogP contribution in [0.15, 0.2) is 84.9 Å². The zero-order valence-corrected chi connectivity index (χ0v) is 30.6. The molecule has 1 heterocycles. The molecule has 1 fully saturated rings. The number of rotatable bonds is 15. The van der Waals surface area contributed by atoms with Gasteiger partial charge in [-0.1, -0.05) is 79.7 Å². The van der Waals surface area contributed by atoms with Gasteiger partial charge in [0.2, 0.25) is 11.6 Å². The number of benzene rings is 3. The Morgan fingerprint density at radius 2 is 1.24 bits per heavy atom. The highest BCUT2D eigenvalue weighted by Crippen LogP contribution is 2.33. The van der Waals surface area contributed by atoms with E-state index in [0.717, 1.165) is 49.5 Å². The van der Waals surface area contributed by atoms with Gasteiger partial charge in [0, 0.05) is 36.8 Å². The number of ketones is 2. The van der Waals surface area contributed by atoms with Crippen molar-refractivity contribution < 1.29 is 65.9 Å². The number of likely N-dealkylation sites (N-methyl/N-ethyl adjacent to an activating group) is 1. The van der Waals surface area contributed by atoms with Crippen LogP contribution in [0.1, 0.15) is 53.0 Å². The van der Waals surface area contributed by atoms with Crippen LogP contribution < -0.4 is 4.74 Å². The number of carbonyl (C=O) groups is 4. The van der Waals surface area contributed by atoms with Gasteiger partial charge in [0.1, 0.15) is 5.75 Å². The van der Waals surface area contributed by atoms with E-state index in [1.165, 1.54) is 42.0 Å². The summed E-state index contributed by atoms with van der Waals surface area (Å²) in [7, 11) is -3.58. The SMILES string of the molecule is CCN(CC1CCN(S(=O)(=O)C(F)(F)F)CC1)C(C)Cc1ccc(OC)cc1.O=C(O)C(O)(C(=O)c1ccccc1)C(O)(C(=O)O)C(=O)c1ccccc1. The highest BCUT2D eigenvalue weighted by Gasteiger charge is 2.69. The van der Waals surface area contributed by atoms with E-state index in [1.54, 1.807) is 7.11 Å². The van der Waals surface area contributed by atoms with Crippen molar-refractivity contribution in [2.75, 3.05) is 33.3 Å². The molecule has 0 aliphatic carbocycles. The van der Waals surface area contributed by atoms with Crippen LogP contribution in [0.2, 0.25) is 0 Å². The van der Waals surface area contributed by atoms with Gasteiger partial charge in [-0.05, 0) is 56.3 Å². The van der Waals surface area contributed by atoms with Gasteiger partial charge < -0.3 is 30.1 Å². The van der Waals surface area contributed by atoms with Crippen molar-refractivity contribution in [3.05, 3.63) is 102 Å². The number of Topliss-reactive ketones (excluding diaryl/α,β-unsaturated/α-hetero) is 2. The third-order valence-corrected chi connectivity index (χ3v) is 10.9. The normalized spacial score (nSPS) is 16.9. The van der Waals surface area contributed by atoms with Crippen molar-refractivity contribution in [1.82, 2.24) is 9.21 Å². The Hall–Kier alpha value is -4.68. The molecule has 3 aromatic rings. The maximum absolute atomic E-state index is 12.7. The maximum Gasteiger partial charge on any atom is 0.511 e. The number of alkyl halides is 3. The third kappa shape index (κ3) is 9.51. The molecule has 0 spiro atoms. The van der Waals surface area contributed by atoms with Crippen molar-refractivity contribution in [1.29, 1.82) is 0 Å². The van der Waals surface area contributed by atoms with Crippen LogP contribution in [0.25, 0.3) is 0 Å². The van der Waals surface area contributed by atoms with Crippen molar-refractivity contribution in [3.8, 4) is 5.75 Å². The Labute approximate surface area is 310 Å². The molecule has 3 aromatic carbocycles. The Kier molecular flexibility index (Phi) is 14.7. The molecule has 4 rings (SSSR count). The largest absolute Gasteiger partial charge is 0.511 e. The summed E-state index contributed by atoms with van der Waals surface area (Å²) in [5.74, 6) is -7.03. The number of hydrogen-bond donors (Lipinski definition) is 4. The summed E-state index contributed by atoms with van der Waals surface area (Å²) in [6.45, 7) is 5.64. The Balaban J connectivity index is 0.000000291. The van der Waals surface area contributed by atoms with Gasteiger partial charge in [-0.15, -0.1) is 0 Å². The van der Waals surface area contributed by atoms with Crippen LogP contribution in [-0.4, -0.2) is 118 Å². The number of carboxylic acids is 2. The first-order valence-electron chi connectivity index (χ1n) is 16.8. The minimum Gasteiger partial charge on any atom is -0.497 e. The predicted molar refractivity (Wildman–Crippen MR) is 189 cm³/mol. The first-order valence-corrected chi connectivity index (χ1v) is 18.2. The summed E-state index contributed by atoms with van der Waals surface area (Å²) in [4.78, 5) is 50.8. The average Bonchev–Trinajstić information content (AvgIpc) is 3.16. The highest BCUT2D eigenvalue weighted by atomic mass is 32.2. The van der Waals surface area contributed by atoms with Crippen LogP contribution in [0.3, 0.4) is 0 Å². The molecular formula is C37H43F3N2O11S. The van der Waals surface area contributed by atoms with Gasteiger partial charge >= 0.3 is 27.5 Å². The molecule has 3 unspecified atom stereocenters. The van der Waals surface area contributed by atoms with E-state index in [-0.39, 0.29) is 25.0 Å².